The average molecular weight is 180 g/mol. The maximum atomic E-state index is 9.81. The lowest BCUT2D eigenvalue weighted by molar-refractivity contribution is 0.0756. The van der Waals surface area contributed by atoms with Crippen LogP contribution in [0.3, 0.4) is 0 Å². The summed E-state index contributed by atoms with van der Waals surface area (Å²) in [6.45, 7) is 5.50. The van der Waals surface area contributed by atoms with Gasteiger partial charge in [-0.15, -0.1) is 0 Å². The first kappa shape index (κ1) is 10.1. The fourth-order valence-electron chi connectivity index (χ4n) is 1.30. The quantitative estimate of drug-likeness (QED) is 0.756. The highest BCUT2D eigenvalue weighted by atomic mass is 16.5. The number of aliphatic hydroxyl groups is 1. The van der Waals surface area contributed by atoms with Gasteiger partial charge >= 0.3 is 0 Å². The van der Waals surface area contributed by atoms with Crippen molar-refractivity contribution >= 4 is 0 Å². The zero-order valence-corrected chi connectivity index (χ0v) is 8.59. The normalized spacial score (nSPS) is 11.5. The van der Waals surface area contributed by atoms with Crippen molar-refractivity contribution in [2.75, 3.05) is 7.11 Å². The van der Waals surface area contributed by atoms with Crippen LogP contribution >= 0.6 is 0 Å². The Morgan fingerprint density at radius 2 is 1.92 bits per heavy atom. The summed E-state index contributed by atoms with van der Waals surface area (Å²) in [4.78, 5) is 0. The molecule has 0 atom stereocenters. The number of methoxy groups -OCH3 is 1. The van der Waals surface area contributed by atoms with E-state index in [1.165, 1.54) is 0 Å². The molecule has 2 heteroatoms. The molecule has 1 aromatic rings. The van der Waals surface area contributed by atoms with Crippen LogP contribution in [0.2, 0.25) is 0 Å². The number of hydrogen-bond acceptors (Lipinski definition) is 2. The van der Waals surface area contributed by atoms with Crippen LogP contribution in [0, 0.1) is 6.92 Å². The Morgan fingerprint density at radius 3 is 2.38 bits per heavy atom. The molecule has 0 amide bonds. The van der Waals surface area contributed by atoms with E-state index in [1.807, 2.05) is 25.1 Å². The first-order valence-electron chi connectivity index (χ1n) is 4.32. The summed E-state index contributed by atoms with van der Waals surface area (Å²) < 4.78 is 5.19. The molecule has 1 N–H and O–H groups in total. The SMILES string of the molecule is COc1cc(C)ccc1C(C)(C)O. The summed E-state index contributed by atoms with van der Waals surface area (Å²) in [5, 5.41) is 9.81. The molecule has 72 valence electrons. The lowest BCUT2D eigenvalue weighted by Crippen LogP contribution is -2.16. The minimum Gasteiger partial charge on any atom is -0.496 e. The fraction of sp³-hybridized carbons (Fsp3) is 0.455. The van der Waals surface area contributed by atoms with E-state index in [0.717, 1.165) is 16.9 Å². The smallest absolute Gasteiger partial charge is 0.125 e. The Balaban J connectivity index is 3.22. The molecule has 1 aromatic carbocycles. The third-order valence-electron chi connectivity index (χ3n) is 2.02. The van der Waals surface area contributed by atoms with Crippen LogP contribution in [-0.2, 0) is 5.60 Å². The monoisotopic (exact) mass is 180 g/mol. The average Bonchev–Trinajstić information content (AvgIpc) is 2.01. The van der Waals surface area contributed by atoms with Crippen LogP contribution in [0.4, 0.5) is 0 Å². The summed E-state index contributed by atoms with van der Waals surface area (Å²) in [5.74, 6) is 0.743. The van der Waals surface area contributed by atoms with Crippen molar-refractivity contribution in [3.8, 4) is 5.75 Å². The molecule has 0 bridgehead atoms. The fourth-order valence-corrected chi connectivity index (χ4v) is 1.30. The molecule has 0 heterocycles. The van der Waals surface area contributed by atoms with E-state index >= 15 is 0 Å². The van der Waals surface area contributed by atoms with Gasteiger partial charge in [-0.3, -0.25) is 0 Å². The highest BCUT2D eigenvalue weighted by Crippen LogP contribution is 2.29. The first-order chi connectivity index (χ1) is 5.95. The molecule has 0 spiro atoms. The van der Waals surface area contributed by atoms with Gasteiger partial charge in [-0.2, -0.15) is 0 Å². The Hall–Kier alpha value is -1.02. The maximum Gasteiger partial charge on any atom is 0.125 e. The van der Waals surface area contributed by atoms with E-state index in [-0.39, 0.29) is 0 Å². The number of aryl methyl sites for hydroxylation is 1. The van der Waals surface area contributed by atoms with Gasteiger partial charge in [0.25, 0.3) is 0 Å². The van der Waals surface area contributed by atoms with Crippen LogP contribution in [0.5, 0.6) is 5.75 Å². The molecule has 13 heavy (non-hydrogen) atoms. The van der Waals surface area contributed by atoms with Crippen molar-refractivity contribution in [1.29, 1.82) is 0 Å². The second-order valence-electron chi connectivity index (χ2n) is 3.76. The molecule has 0 radical (unpaired) electrons. The van der Waals surface area contributed by atoms with E-state index in [4.69, 9.17) is 4.74 Å². The molecule has 0 saturated carbocycles. The largest absolute Gasteiger partial charge is 0.496 e. The first-order valence-corrected chi connectivity index (χ1v) is 4.32. The summed E-state index contributed by atoms with van der Waals surface area (Å²) in [6, 6.07) is 5.79. The molecular weight excluding hydrogens is 164 g/mol. The molecule has 0 aromatic heterocycles. The van der Waals surface area contributed by atoms with Gasteiger partial charge in [0.1, 0.15) is 5.75 Å². The van der Waals surface area contributed by atoms with E-state index in [2.05, 4.69) is 0 Å². The Kier molecular flexibility index (Phi) is 2.62. The second-order valence-corrected chi connectivity index (χ2v) is 3.76. The van der Waals surface area contributed by atoms with Gasteiger partial charge in [-0.25, -0.2) is 0 Å². The minimum atomic E-state index is -0.848. The van der Waals surface area contributed by atoms with E-state index in [9.17, 15) is 5.11 Å². The zero-order valence-electron chi connectivity index (χ0n) is 8.59. The molecule has 2 nitrogen and oxygen atoms in total. The zero-order chi connectivity index (χ0) is 10.1. The van der Waals surface area contributed by atoms with E-state index < -0.39 is 5.60 Å². The Morgan fingerprint density at radius 1 is 1.31 bits per heavy atom. The molecule has 0 saturated heterocycles. The standard InChI is InChI=1S/C11H16O2/c1-8-5-6-9(11(2,3)12)10(7-8)13-4/h5-7,12H,1-4H3. The number of hydrogen-bond donors (Lipinski definition) is 1. The van der Waals surface area contributed by atoms with Crippen molar-refractivity contribution in [3.63, 3.8) is 0 Å². The highest BCUT2D eigenvalue weighted by molar-refractivity contribution is 5.40. The summed E-state index contributed by atoms with van der Waals surface area (Å²) in [6.07, 6.45) is 0. The van der Waals surface area contributed by atoms with Crippen LogP contribution in [-0.4, -0.2) is 12.2 Å². The van der Waals surface area contributed by atoms with Crippen LogP contribution in [0.15, 0.2) is 18.2 Å². The highest BCUT2D eigenvalue weighted by Gasteiger charge is 2.20. The number of rotatable bonds is 2. The molecule has 0 aliphatic rings. The van der Waals surface area contributed by atoms with Gasteiger partial charge in [0.05, 0.1) is 12.7 Å². The van der Waals surface area contributed by atoms with Crippen molar-refractivity contribution in [3.05, 3.63) is 29.3 Å². The van der Waals surface area contributed by atoms with Gasteiger partial charge in [-0.1, -0.05) is 12.1 Å². The predicted molar refractivity (Wildman–Crippen MR) is 53.0 cm³/mol. The summed E-state index contributed by atoms with van der Waals surface area (Å²) >= 11 is 0. The van der Waals surface area contributed by atoms with Gasteiger partial charge in [0.15, 0.2) is 0 Å². The molecule has 0 aliphatic heterocycles. The van der Waals surface area contributed by atoms with Crippen LogP contribution in [0.25, 0.3) is 0 Å². The number of benzene rings is 1. The molecule has 0 fully saturated rings. The van der Waals surface area contributed by atoms with Crippen molar-refractivity contribution in [1.82, 2.24) is 0 Å². The Bertz CT molecular complexity index is 297. The lowest BCUT2D eigenvalue weighted by atomic mass is 9.96. The van der Waals surface area contributed by atoms with Gasteiger partial charge in [-0.05, 0) is 32.4 Å². The van der Waals surface area contributed by atoms with Crippen LogP contribution in [0.1, 0.15) is 25.0 Å². The topological polar surface area (TPSA) is 29.5 Å². The van der Waals surface area contributed by atoms with Crippen molar-refractivity contribution in [2.24, 2.45) is 0 Å². The summed E-state index contributed by atoms with van der Waals surface area (Å²) in [5.41, 5.74) is 1.10. The van der Waals surface area contributed by atoms with Crippen molar-refractivity contribution < 1.29 is 9.84 Å². The number of ether oxygens (including phenoxy) is 1. The molecule has 1 rings (SSSR count). The van der Waals surface area contributed by atoms with E-state index in [1.54, 1.807) is 21.0 Å². The van der Waals surface area contributed by atoms with E-state index in [0.29, 0.717) is 0 Å². The predicted octanol–water partition coefficient (Wildman–Crippen LogP) is 2.23. The van der Waals surface area contributed by atoms with Crippen LogP contribution < -0.4 is 4.74 Å². The lowest BCUT2D eigenvalue weighted by Gasteiger charge is -2.20. The molecule has 0 aliphatic carbocycles. The minimum absolute atomic E-state index is 0.743. The van der Waals surface area contributed by atoms with Gasteiger partial charge in [0, 0.05) is 5.56 Å². The van der Waals surface area contributed by atoms with Crippen molar-refractivity contribution in [2.45, 2.75) is 26.4 Å². The third kappa shape index (κ3) is 2.22. The molecular formula is C11H16O2. The molecule has 0 unspecified atom stereocenters. The Labute approximate surface area is 79.2 Å². The second kappa shape index (κ2) is 3.38. The third-order valence-corrected chi connectivity index (χ3v) is 2.02. The maximum absolute atomic E-state index is 9.81. The van der Waals surface area contributed by atoms with Gasteiger partial charge in [0.2, 0.25) is 0 Å². The summed E-state index contributed by atoms with van der Waals surface area (Å²) in [7, 11) is 1.62. The van der Waals surface area contributed by atoms with Gasteiger partial charge < -0.3 is 9.84 Å².